The van der Waals surface area contributed by atoms with Crippen LogP contribution in [0, 0.1) is 19.7 Å². The lowest BCUT2D eigenvalue weighted by molar-refractivity contribution is 0.589. The number of halogens is 1. The normalized spacial score (nSPS) is 12.6. The molecule has 4 aromatic heterocycles. The second-order valence-corrected chi connectivity index (χ2v) is 13.9. The molecule has 0 fully saturated rings. The summed E-state index contributed by atoms with van der Waals surface area (Å²) in [5.41, 5.74) is 3.68. The lowest BCUT2D eigenvalue weighted by Gasteiger charge is -2.23. The minimum Gasteiger partial charge on any atom is -0.291 e. The third-order valence-corrected chi connectivity index (χ3v) is 9.62. The second-order valence-electron chi connectivity index (χ2n) is 10.3. The zero-order chi connectivity index (χ0) is 30.8. The molecule has 12 nitrogen and oxygen atoms in total. The minimum absolute atomic E-state index is 0.0531. The minimum atomic E-state index is -4.43. The highest BCUT2D eigenvalue weighted by Gasteiger charge is 2.31. The maximum atomic E-state index is 14.2. The van der Waals surface area contributed by atoms with Gasteiger partial charge in [0, 0.05) is 18.9 Å². The zero-order valence-corrected chi connectivity index (χ0v) is 25.8. The number of para-hydroxylation sites is 2. The SMILES string of the molecule is CCc1nc(C)c2c(NS(=O)(=O)CN(c3nc4ccccc4n4c(CC)nc(C)c34)S(C)(=O)=O)nc3ccc(F)cc3n12. The zero-order valence-electron chi connectivity index (χ0n) is 24.1. The number of hydrogen-bond donors (Lipinski definition) is 1. The van der Waals surface area contributed by atoms with Gasteiger partial charge in [0.05, 0.1) is 39.7 Å². The third-order valence-electron chi connectivity index (χ3n) is 7.25. The fourth-order valence-electron chi connectivity index (χ4n) is 5.46. The molecule has 0 aliphatic carbocycles. The number of hydrogen-bond acceptors (Lipinski definition) is 8. The number of sulfonamides is 2. The van der Waals surface area contributed by atoms with Crippen molar-refractivity contribution in [2.45, 2.75) is 40.5 Å². The smallest absolute Gasteiger partial charge is 0.253 e. The number of rotatable bonds is 8. The number of aryl methyl sites for hydroxylation is 4. The van der Waals surface area contributed by atoms with Gasteiger partial charge < -0.3 is 0 Å². The number of aromatic nitrogens is 6. The van der Waals surface area contributed by atoms with E-state index in [1.165, 1.54) is 18.2 Å². The Balaban J connectivity index is 1.52. The lowest BCUT2D eigenvalue weighted by Crippen LogP contribution is -2.38. The fourth-order valence-corrected chi connectivity index (χ4v) is 8.01. The molecule has 0 spiro atoms. The molecule has 0 unspecified atom stereocenters. The molecule has 0 aliphatic rings. The van der Waals surface area contributed by atoms with Gasteiger partial charge in [-0.25, -0.2) is 45.5 Å². The molecule has 0 radical (unpaired) electrons. The molecule has 2 aromatic carbocycles. The highest BCUT2D eigenvalue weighted by Crippen LogP contribution is 2.32. The number of nitrogens with zero attached hydrogens (tertiary/aromatic N) is 7. The molecule has 224 valence electrons. The molecule has 15 heteroatoms. The molecule has 1 N–H and O–H groups in total. The summed E-state index contributed by atoms with van der Waals surface area (Å²) in [4.78, 5) is 18.3. The van der Waals surface area contributed by atoms with Gasteiger partial charge in [-0.3, -0.25) is 13.5 Å². The van der Waals surface area contributed by atoms with Crippen LogP contribution in [0.15, 0.2) is 42.5 Å². The van der Waals surface area contributed by atoms with Crippen molar-refractivity contribution < 1.29 is 21.2 Å². The summed E-state index contributed by atoms with van der Waals surface area (Å²) in [7, 11) is -8.61. The van der Waals surface area contributed by atoms with Crippen LogP contribution in [0.5, 0.6) is 0 Å². The van der Waals surface area contributed by atoms with Crippen molar-refractivity contribution in [3.05, 3.63) is 71.3 Å². The van der Waals surface area contributed by atoms with E-state index in [9.17, 15) is 21.2 Å². The fraction of sp³-hybridized carbons (Fsp3) is 0.286. The molecule has 4 heterocycles. The lowest BCUT2D eigenvalue weighted by atomic mass is 10.2. The summed E-state index contributed by atoms with van der Waals surface area (Å²) < 4.78 is 75.0. The average Bonchev–Trinajstić information content (AvgIpc) is 3.48. The maximum Gasteiger partial charge on any atom is 0.253 e. The Hall–Kier alpha value is -4.37. The van der Waals surface area contributed by atoms with Crippen molar-refractivity contribution in [2.24, 2.45) is 0 Å². The molecule has 6 aromatic rings. The molecule has 0 bridgehead atoms. The van der Waals surface area contributed by atoms with E-state index in [1.54, 1.807) is 30.4 Å². The van der Waals surface area contributed by atoms with Crippen LogP contribution >= 0.6 is 0 Å². The van der Waals surface area contributed by atoms with E-state index < -0.39 is 31.7 Å². The van der Waals surface area contributed by atoms with Crippen molar-refractivity contribution in [1.29, 1.82) is 0 Å². The topological polar surface area (TPSA) is 144 Å². The molecule has 0 amide bonds. The molecule has 43 heavy (non-hydrogen) atoms. The van der Waals surface area contributed by atoms with Gasteiger partial charge in [-0.1, -0.05) is 26.0 Å². The predicted molar refractivity (Wildman–Crippen MR) is 164 cm³/mol. The Labute approximate surface area is 247 Å². The van der Waals surface area contributed by atoms with Crippen LogP contribution in [-0.2, 0) is 32.9 Å². The molecule has 0 saturated heterocycles. The van der Waals surface area contributed by atoms with Gasteiger partial charge in [0.2, 0.25) is 10.0 Å². The van der Waals surface area contributed by atoms with E-state index in [-0.39, 0.29) is 11.6 Å². The van der Waals surface area contributed by atoms with E-state index in [4.69, 9.17) is 0 Å². The third kappa shape index (κ3) is 4.81. The van der Waals surface area contributed by atoms with Crippen LogP contribution in [0.25, 0.3) is 33.1 Å². The Morgan fingerprint density at radius 2 is 1.42 bits per heavy atom. The highest BCUT2D eigenvalue weighted by molar-refractivity contribution is 7.96. The van der Waals surface area contributed by atoms with Crippen molar-refractivity contribution >= 4 is 64.8 Å². The first-order valence-corrected chi connectivity index (χ1v) is 17.0. The Bertz CT molecular complexity index is 2310. The van der Waals surface area contributed by atoms with E-state index >= 15 is 0 Å². The Morgan fingerprint density at radius 3 is 2.07 bits per heavy atom. The van der Waals surface area contributed by atoms with Gasteiger partial charge in [-0.15, -0.1) is 0 Å². The van der Waals surface area contributed by atoms with Crippen LogP contribution in [0.4, 0.5) is 16.0 Å². The maximum absolute atomic E-state index is 14.2. The number of imidazole rings is 2. The van der Waals surface area contributed by atoms with Crippen LogP contribution in [0.3, 0.4) is 0 Å². The van der Waals surface area contributed by atoms with Crippen molar-refractivity contribution in [3.8, 4) is 0 Å². The summed E-state index contributed by atoms with van der Waals surface area (Å²) in [6, 6.07) is 11.2. The van der Waals surface area contributed by atoms with Crippen LogP contribution in [0.1, 0.15) is 36.9 Å². The second kappa shape index (κ2) is 10.1. The molecule has 6 rings (SSSR count). The summed E-state index contributed by atoms with van der Waals surface area (Å²) in [5.74, 6) is -0.294. The molecule has 0 atom stereocenters. The van der Waals surface area contributed by atoms with Gasteiger partial charge in [-0.05, 0) is 38.1 Å². The van der Waals surface area contributed by atoms with Crippen LogP contribution < -0.4 is 9.03 Å². The number of nitrogens with one attached hydrogen (secondary N) is 1. The van der Waals surface area contributed by atoms with Crippen molar-refractivity contribution in [3.63, 3.8) is 0 Å². The molecule has 0 saturated carbocycles. The number of anilines is 2. The summed E-state index contributed by atoms with van der Waals surface area (Å²) >= 11 is 0. The Morgan fingerprint density at radius 1 is 0.814 bits per heavy atom. The van der Waals surface area contributed by atoms with Crippen LogP contribution in [0.2, 0.25) is 0 Å². The molecular formula is C28H29FN8O4S2. The predicted octanol–water partition coefficient (Wildman–Crippen LogP) is 4.12. The van der Waals surface area contributed by atoms with Crippen molar-refractivity contribution in [2.75, 3.05) is 21.2 Å². The first-order valence-electron chi connectivity index (χ1n) is 13.5. The average molecular weight is 625 g/mol. The quantitative estimate of drug-likeness (QED) is 0.266. The van der Waals surface area contributed by atoms with Gasteiger partial charge in [0.15, 0.2) is 17.5 Å². The first-order chi connectivity index (χ1) is 20.3. The molecule has 0 aliphatic heterocycles. The summed E-state index contributed by atoms with van der Waals surface area (Å²) in [6.07, 6.45) is 1.98. The largest absolute Gasteiger partial charge is 0.291 e. The number of fused-ring (bicyclic) bond motifs is 6. The highest BCUT2D eigenvalue weighted by atomic mass is 32.2. The van der Waals surface area contributed by atoms with Gasteiger partial charge in [0.25, 0.3) is 10.0 Å². The monoisotopic (exact) mass is 624 g/mol. The van der Waals surface area contributed by atoms with Gasteiger partial charge in [0.1, 0.15) is 28.5 Å². The van der Waals surface area contributed by atoms with Gasteiger partial charge >= 0.3 is 0 Å². The molecular weight excluding hydrogens is 595 g/mol. The van der Waals surface area contributed by atoms with Crippen LogP contribution in [-0.4, -0.2) is 57.7 Å². The van der Waals surface area contributed by atoms with Crippen molar-refractivity contribution in [1.82, 2.24) is 28.7 Å². The van der Waals surface area contributed by atoms with E-state index in [0.717, 1.165) is 16.1 Å². The summed E-state index contributed by atoms with van der Waals surface area (Å²) in [6.45, 7) is 7.24. The standard InChI is InChI=1S/C28H29FN8O4S2/c1-6-23-31-17(4)26-28(33-19-10-8-9-11-21(19)36(23)26)35(42(5,38)39)15-43(40,41)34-27-25-16(3)30-24(7-2)37(25)22-14-18(29)12-13-20(22)32-27/h8-14H,6-7,15H2,1-5H3,(H,32,34). The van der Waals surface area contributed by atoms with E-state index in [1.807, 2.05) is 30.4 Å². The Kier molecular flexibility index (Phi) is 6.76. The number of benzene rings is 2. The van der Waals surface area contributed by atoms with E-state index in [2.05, 4.69) is 24.7 Å². The first kappa shape index (κ1) is 28.7. The van der Waals surface area contributed by atoms with Gasteiger partial charge in [-0.2, -0.15) is 0 Å². The van der Waals surface area contributed by atoms with E-state index in [0.29, 0.717) is 63.5 Å². The summed E-state index contributed by atoms with van der Waals surface area (Å²) in [5, 5.41) is 0.